The molecule has 0 saturated carbocycles. The van der Waals surface area contributed by atoms with Crippen LogP contribution in [-0.4, -0.2) is 28.4 Å². The highest BCUT2D eigenvalue weighted by Gasteiger charge is 2.08. The summed E-state index contributed by atoms with van der Waals surface area (Å²) in [6.07, 6.45) is 1.65. The number of hydrogen-bond acceptors (Lipinski definition) is 7. The molecule has 3 aromatic rings. The van der Waals surface area contributed by atoms with Crippen molar-refractivity contribution in [2.24, 2.45) is 0 Å². The molecule has 1 aromatic heterocycles. The molecule has 2 aromatic carbocycles. The number of anilines is 3. The van der Waals surface area contributed by atoms with Crippen LogP contribution in [0.25, 0.3) is 0 Å². The molecule has 0 radical (unpaired) electrons. The van der Waals surface area contributed by atoms with Crippen molar-refractivity contribution in [1.29, 1.82) is 0 Å². The van der Waals surface area contributed by atoms with E-state index in [-0.39, 0.29) is 6.10 Å². The molecular formula is C20H23N5O2. The van der Waals surface area contributed by atoms with Gasteiger partial charge in [0.15, 0.2) is 5.82 Å². The normalized spacial score (nSPS) is 10.5. The van der Waals surface area contributed by atoms with Crippen LogP contribution < -0.4 is 20.1 Å². The third-order valence-corrected chi connectivity index (χ3v) is 3.71. The minimum Gasteiger partial charge on any atom is -0.496 e. The van der Waals surface area contributed by atoms with Crippen molar-refractivity contribution in [3.63, 3.8) is 0 Å². The van der Waals surface area contributed by atoms with Crippen molar-refractivity contribution in [3.05, 3.63) is 60.3 Å². The SMILES string of the molecule is COc1ccccc1CNc1cnnc(Nc2ccccc2OC(C)C)n1. The molecule has 0 fully saturated rings. The Bertz CT molecular complexity index is 886. The largest absolute Gasteiger partial charge is 0.496 e. The molecule has 27 heavy (non-hydrogen) atoms. The van der Waals surface area contributed by atoms with Gasteiger partial charge in [0.1, 0.15) is 11.5 Å². The van der Waals surface area contributed by atoms with Crippen molar-refractivity contribution in [3.8, 4) is 11.5 Å². The van der Waals surface area contributed by atoms with Gasteiger partial charge < -0.3 is 20.1 Å². The van der Waals surface area contributed by atoms with Crippen LogP contribution in [0.5, 0.6) is 11.5 Å². The van der Waals surface area contributed by atoms with E-state index in [1.54, 1.807) is 13.3 Å². The number of hydrogen-bond donors (Lipinski definition) is 2. The fourth-order valence-electron chi connectivity index (χ4n) is 2.52. The van der Waals surface area contributed by atoms with Gasteiger partial charge in [0.05, 0.1) is 25.1 Å². The molecule has 2 N–H and O–H groups in total. The lowest BCUT2D eigenvalue weighted by Gasteiger charge is -2.15. The lowest BCUT2D eigenvalue weighted by molar-refractivity contribution is 0.244. The monoisotopic (exact) mass is 365 g/mol. The van der Waals surface area contributed by atoms with E-state index in [0.29, 0.717) is 18.3 Å². The molecule has 0 saturated heterocycles. The third kappa shape index (κ3) is 5.07. The van der Waals surface area contributed by atoms with Crippen molar-refractivity contribution in [2.45, 2.75) is 26.5 Å². The molecule has 7 heteroatoms. The molecule has 1 heterocycles. The first-order chi connectivity index (χ1) is 13.2. The lowest BCUT2D eigenvalue weighted by Crippen LogP contribution is -2.09. The first-order valence-electron chi connectivity index (χ1n) is 8.74. The Hall–Kier alpha value is -3.35. The highest BCUT2D eigenvalue weighted by Crippen LogP contribution is 2.27. The molecule has 0 atom stereocenters. The van der Waals surface area contributed by atoms with E-state index in [4.69, 9.17) is 9.47 Å². The van der Waals surface area contributed by atoms with Gasteiger partial charge in [-0.25, -0.2) is 0 Å². The lowest BCUT2D eigenvalue weighted by atomic mass is 10.2. The fraction of sp³-hybridized carbons (Fsp3) is 0.250. The van der Waals surface area contributed by atoms with Crippen LogP contribution in [0.1, 0.15) is 19.4 Å². The average molecular weight is 365 g/mol. The van der Waals surface area contributed by atoms with Crippen LogP contribution in [-0.2, 0) is 6.54 Å². The van der Waals surface area contributed by atoms with E-state index in [2.05, 4.69) is 25.8 Å². The van der Waals surface area contributed by atoms with Crippen LogP contribution in [0.4, 0.5) is 17.5 Å². The molecule has 0 unspecified atom stereocenters. The van der Waals surface area contributed by atoms with E-state index in [9.17, 15) is 0 Å². The summed E-state index contributed by atoms with van der Waals surface area (Å²) < 4.78 is 11.2. The second-order valence-electron chi connectivity index (χ2n) is 6.12. The molecule has 0 amide bonds. The zero-order chi connectivity index (χ0) is 19.1. The molecule has 0 bridgehead atoms. The number of aromatic nitrogens is 3. The number of para-hydroxylation sites is 3. The van der Waals surface area contributed by atoms with Gasteiger partial charge in [-0.1, -0.05) is 30.3 Å². The topological polar surface area (TPSA) is 81.2 Å². The zero-order valence-electron chi connectivity index (χ0n) is 15.6. The summed E-state index contributed by atoms with van der Waals surface area (Å²) in [5.41, 5.74) is 1.82. The minimum atomic E-state index is 0.0702. The first kappa shape index (κ1) is 18.4. The van der Waals surface area contributed by atoms with Crippen LogP contribution in [0.3, 0.4) is 0 Å². The second kappa shape index (κ2) is 8.84. The molecule has 7 nitrogen and oxygen atoms in total. The van der Waals surface area contributed by atoms with E-state index in [0.717, 1.165) is 22.7 Å². The van der Waals surface area contributed by atoms with Gasteiger partial charge in [-0.3, -0.25) is 0 Å². The van der Waals surface area contributed by atoms with Gasteiger partial charge >= 0.3 is 0 Å². The smallest absolute Gasteiger partial charge is 0.249 e. The molecular weight excluding hydrogens is 342 g/mol. The van der Waals surface area contributed by atoms with Gasteiger partial charge in [-0.05, 0) is 32.0 Å². The number of nitrogens with one attached hydrogen (secondary N) is 2. The Labute approximate surface area is 158 Å². The Morgan fingerprint density at radius 1 is 1.00 bits per heavy atom. The summed E-state index contributed by atoms with van der Waals surface area (Å²) in [5, 5.41) is 14.5. The van der Waals surface area contributed by atoms with Gasteiger partial charge in [0, 0.05) is 12.1 Å². The number of methoxy groups -OCH3 is 1. The Balaban J connectivity index is 1.71. The first-order valence-corrected chi connectivity index (χ1v) is 8.74. The summed E-state index contributed by atoms with van der Waals surface area (Å²) in [6, 6.07) is 15.5. The maximum Gasteiger partial charge on any atom is 0.249 e. The highest BCUT2D eigenvalue weighted by molar-refractivity contribution is 5.62. The van der Waals surface area contributed by atoms with Gasteiger partial charge in [-0.15, -0.1) is 5.10 Å². The van der Waals surface area contributed by atoms with Crippen LogP contribution in [0, 0.1) is 0 Å². The standard InChI is InChI=1S/C20H23N5O2/c1-14(2)27-18-11-7-5-9-16(18)23-20-24-19(13-22-25-20)21-12-15-8-4-6-10-17(15)26-3/h4-11,13-14H,12H2,1-3H3,(H2,21,23,24,25). The van der Waals surface area contributed by atoms with Crippen molar-refractivity contribution in [1.82, 2.24) is 15.2 Å². The minimum absolute atomic E-state index is 0.0702. The third-order valence-electron chi connectivity index (χ3n) is 3.71. The van der Waals surface area contributed by atoms with E-state index >= 15 is 0 Å². The Morgan fingerprint density at radius 2 is 1.74 bits per heavy atom. The van der Waals surface area contributed by atoms with Crippen LogP contribution in [0.15, 0.2) is 54.7 Å². The summed E-state index contributed by atoms with van der Waals surface area (Å²) in [7, 11) is 1.66. The summed E-state index contributed by atoms with van der Waals surface area (Å²) >= 11 is 0. The quantitative estimate of drug-likeness (QED) is 0.624. The van der Waals surface area contributed by atoms with E-state index < -0.39 is 0 Å². The molecule has 0 aliphatic rings. The Kier molecular flexibility index (Phi) is 6.04. The van der Waals surface area contributed by atoms with Crippen molar-refractivity contribution in [2.75, 3.05) is 17.7 Å². The summed E-state index contributed by atoms with van der Waals surface area (Å²) in [5.74, 6) is 2.56. The van der Waals surface area contributed by atoms with E-state index in [1.807, 2.05) is 62.4 Å². The molecule has 0 aliphatic heterocycles. The average Bonchev–Trinajstić information content (AvgIpc) is 2.68. The van der Waals surface area contributed by atoms with Gasteiger partial charge in [-0.2, -0.15) is 10.1 Å². The van der Waals surface area contributed by atoms with Crippen LogP contribution >= 0.6 is 0 Å². The number of rotatable bonds is 8. The van der Waals surface area contributed by atoms with Gasteiger partial charge in [0.25, 0.3) is 0 Å². The number of benzene rings is 2. The van der Waals surface area contributed by atoms with Crippen molar-refractivity contribution < 1.29 is 9.47 Å². The zero-order valence-corrected chi connectivity index (χ0v) is 15.6. The maximum atomic E-state index is 5.81. The van der Waals surface area contributed by atoms with Gasteiger partial charge in [0.2, 0.25) is 5.95 Å². The highest BCUT2D eigenvalue weighted by atomic mass is 16.5. The number of nitrogens with zero attached hydrogens (tertiary/aromatic N) is 3. The maximum absolute atomic E-state index is 5.81. The predicted molar refractivity (Wildman–Crippen MR) is 106 cm³/mol. The summed E-state index contributed by atoms with van der Waals surface area (Å²) in [4.78, 5) is 4.47. The molecule has 0 spiro atoms. The molecule has 0 aliphatic carbocycles. The molecule has 3 rings (SSSR count). The fourth-order valence-corrected chi connectivity index (χ4v) is 2.52. The summed E-state index contributed by atoms with van der Waals surface area (Å²) in [6.45, 7) is 4.53. The van der Waals surface area contributed by atoms with E-state index in [1.165, 1.54) is 0 Å². The second-order valence-corrected chi connectivity index (χ2v) is 6.12. The Morgan fingerprint density at radius 3 is 2.52 bits per heavy atom. The van der Waals surface area contributed by atoms with Crippen molar-refractivity contribution >= 4 is 17.5 Å². The predicted octanol–water partition coefficient (Wildman–Crippen LogP) is 4.02. The molecule has 140 valence electrons. The van der Waals surface area contributed by atoms with Crippen LogP contribution in [0.2, 0.25) is 0 Å². The number of ether oxygens (including phenoxy) is 2.